The molecule has 0 aliphatic heterocycles. The van der Waals surface area contributed by atoms with Gasteiger partial charge < -0.3 is 14.8 Å². The largest absolute Gasteiger partial charge is 0.482 e. The molecule has 1 aliphatic carbocycles. The lowest BCUT2D eigenvalue weighted by atomic mass is 10.2. The standard InChI is InChI=1S/C16H20BrNO4/c1-11(16(20)18-13-4-2-3-5-13)22-15(19)10-21-14-8-6-12(17)7-9-14/h6-9,11,13H,2-5,10H2,1H3,(H,18,20)/t11-/m1/s1. The highest BCUT2D eigenvalue weighted by Gasteiger charge is 2.23. The highest BCUT2D eigenvalue weighted by atomic mass is 79.9. The van der Waals surface area contributed by atoms with E-state index in [-0.39, 0.29) is 18.6 Å². The van der Waals surface area contributed by atoms with E-state index < -0.39 is 12.1 Å². The molecule has 0 radical (unpaired) electrons. The molecular weight excluding hydrogens is 350 g/mol. The summed E-state index contributed by atoms with van der Waals surface area (Å²) in [5.74, 6) is -0.232. The van der Waals surface area contributed by atoms with Gasteiger partial charge in [-0.25, -0.2) is 4.79 Å². The number of ether oxygens (including phenoxy) is 2. The van der Waals surface area contributed by atoms with Crippen molar-refractivity contribution in [1.82, 2.24) is 5.32 Å². The van der Waals surface area contributed by atoms with Crippen LogP contribution in [0.4, 0.5) is 0 Å². The second kappa shape index (κ2) is 8.17. The molecule has 1 aromatic rings. The van der Waals surface area contributed by atoms with E-state index in [2.05, 4.69) is 21.2 Å². The second-order valence-electron chi connectivity index (χ2n) is 5.36. The van der Waals surface area contributed by atoms with Crippen molar-refractivity contribution in [2.24, 2.45) is 0 Å². The average molecular weight is 370 g/mol. The predicted molar refractivity (Wildman–Crippen MR) is 85.6 cm³/mol. The van der Waals surface area contributed by atoms with E-state index in [0.717, 1.165) is 30.2 Å². The minimum absolute atomic E-state index is 0.215. The lowest BCUT2D eigenvalue weighted by Gasteiger charge is -2.17. The molecule has 5 nitrogen and oxygen atoms in total. The third-order valence-electron chi connectivity index (χ3n) is 3.55. The van der Waals surface area contributed by atoms with Gasteiger partial charge in [0.25, 0.3) is 5.91 Å². The van der Waals surface area contributed by atoms with Crippen LogP contribution < -0.4 is 10.1 Å². The molecule has 6 heteroatoms. The monoisotopic (exact) mass is 369 g/mol. The smallest absolute Gasteiger partial charge is 0.344 e. The predicted octanol–water partition coefficient (Wildman–Crippen LogP) is 2.82. The van der Waals surface area contributed by atoms with Crippen molar-refractivity contribution in [2.45, 2.75) is 44.8 Å². The van der Waals surface area contributed by atoms with Gasteiger partial charge in [-0.2, -0.15) is 0 Å². The third-order valence-corrected chi connectivity index (χ3v) is 4.08. The zero-order valence-electron chi connectivity index (χ0n) is 12.5. The number of amides is 1. The average Bonchev–Trinajstić information content (AvgIpc) is 2.99. The molecule has 1 amide bonds. The molecule has 0 aromatic heterocycles. The molecule has 0 unspecified atom stereocenters. The molecule has 0 saturated heterocycles. The summed E-state index contributed by atoms with van der Waals surface area (Å²) in [4.78, 5) is 23.6. The Morgan fingerprint density at radius 3 is 2.55 bits per heavy atom. The lowest BCUT2D eigenvalue weighted by Crippen LogP contribution is -2.41. The molecule has 1 fully saturated rings. The van der Waals surface area contributed by atoms with Crippen molar-refractivity contribution < 1.29 is 19.1 Å². The SMILES string of the molecule is C[C@@H](OC(=O)COc1ccc(Br)cc1)C(=O)NC1CCCC1. The van der Waals surface area contributed by atoms with Gasteiger partial charge in [-0.3, -0.25) is 4.79 Å². The normalized spacial score (nSPS) is 16.1. The van der Waals surface area contributed by atoms with Crippen LogP contribution in [0.25, 0.3) is 0 Å². The zero-order chi connectivity index (χ0) is 15.9. The molecule has 0 spiro atoms. The molecule has 1 atom stereocenters. The minimum atomic E-state index is -0.804. The molecule has 1 N–H and O–H groups in total. The fraction of sp³-hybridized carbons (Fsp3) is 0.500. The van der Waals surface area contributed by atoms with E-state index in [1.165, 1.54) is 0 Å². The van der Waals surface area contributed by atoms with E-state index in [9.17, 15) is 9.59 Å². The second-order valence-corrected chi connectivity index (χ2v) is 6.28. The molecule has 1 saturated carbocycles. The van der Waals surface area contributed by atoms with Crippen molar-refractivity contribution in [2.75, 3.05) is 6.61 Å². The topological polar surface area (TPSA) is 64.6 Å². The summed E-state index contributed by atoms with van der Waals surface area (Å²) >= 11 is 3.32. The molecule has 0 bridgehead atoms. The number of nitrogens with one attached hydrogen (secondary N) is 1. The Labute approximate surface area is 138 Å². The number of halogens is 1. The van der Waals surface area contributed by atoms with Crippen LogP contribution in [0.1, 0.15) is 32.6 Å². The van der Waals surface area contributed by atoms with Crippen LogP contribution in [0.5, 0.6) is 5.75 Å². The Bertz CT molecular complexity index is 511. The van der Waals surface area contributed by atoms with E-state index in [1.54, 1.807) is 19.1 Å². The van der Waals surface area contributed by atoms with Gasteiger partial charge >= 0.3 is 5.97 Å². The van der Waals surface area contributed by atoms with E-state index in [4.69, 9.17) is 9.47 Å². The number of benzene rings is 1. The van der Waals surface area contributed by atoms with Gasteiger partial charge in [0, 0.05) is 10.5 Å². The quantitative estimate of drug-likeness (QED) is 0.783. The number of esters is 1. The third kappa shape index (κ3) is 5.33. The highest BCUT2D eigenvalue weighted by molar-refractivity contribution is 9.10. The Morgan fingerprint density at radius 1 is 1.27 bits per heavy atom. The first-order valence-electron chi connectivity index (χ1n) is 7.43. The Balaban J connectivity index is 1.71. The van der Waals surface area contributed by atoms with Gasteiger partial charge in [-0.15, -0.1) is 0 Å². The minimum Gasteiger partial charge on any atom is -0.482 e. The first-order valence-corrected chi connectivity index (χ1v) is 8.22. The highest BCUT2D eigenvalue weighted by Crippen LogP contribution is 2.18. The van der Waals surface area contributed by atoms with Crippen LogP contribution >= 0.6 is 15.9 Å². The Hall–Kier alpha value is -1.56. The van der Waals surface area contributed by atoms with E-state index >= 15 is 0 Å². The van der Waals surface area contributed by atoms with E-state index in [1.807, 2.05) is 12.1 Å². The van der Waals surface area contributed by atoms with Crippen LogP contribution in [0, 0.1) is 0 Å². The maximum Gasteiger partial charge on any atom is 0.344 e. The van der Waals surface area contributed by atoms with Crippen molar-refractivity contribution in [3.05, 3.63) is 28.7 Å². The first-order chi connectivity index (χ1) is 10.5. The van der Waals surface area contributed by atoms with Crippen LogP contribution in [0.15, 0.2) is 28.7 Å². The maximum absolute atomic E-state index is 11.9. The number of hydrogen-bond donors (Lipinski definition) is 1. The Kier molecular flexibility index (Phi) is 6.24. The van der Waals surface area contributed by atoms with Gasteiger partial charge in [0.05, 0.1) is 0 Å². The fourth-order valence-corrected chi connectivity index (χ4v) is 2.61. The van der Waals surface area contributed by atoms with Gasteiger partial charge in [-0.05, 0) is 44.0 Å². The number of rotatable bonds is 6. The van der Waals surface area contributed by atoms with Crippen LogP contribution in [-0.2, 0) is 14.3 Å². The molecular formula is C16H20BrNO4. The van der Waals surface area contributed by atoms with Gasteiger partial charge in [0.15, 0.2) is 12.7 Å². The summed E-state index contributed by atoms with van der Waals surface area (Å²) in [6.45, 7) is 1.35. The zero-order valence-corrected chi connectivity index (χ0v) is 14.1. The number of carbonyl (C=O) groups is 2. The molecule has 120 valence electrons. The Morgan fingerprint density at radius 2 is 1.91 bits per heavy atom. The van der Waals surface area contributed by atoms with Crippen molar-refractivity contribution >= 4 is 27.8 Å². The fourth-order valence-electron chi connectivity index (χ4n) is 2.35. The first kappa shape index (κ1) is 16.8. The summed E-state index contributed by atoms with van der Waals surface area (Å²) in [5, 5.41) is 2.90. The van der Waals surface area contributed by atoms with Crippen molar-refractivity contribution in [1.29, 1.82) is 0 Å². The summed E-state index contributed by atoms with van der Waals surface area (Å²) in [7, 11) is 0. The molecule has 2 rings (SSSR count). The van der Waals surface area contributed by atoms with Crippen molar-refractivity contribution in [3.63, 3.8) is 0 Å². The van der Waals surface area contributed by atoms with Crippen LogP contribution in [-0.4, -0.2) is 30.6 Å². The lowest BCUT2D eigenvalue weighted by molar-refractivity contribution is -0.156. The number of hydrogen-bond acceptors (Lipinski definition) is 4. The van der Waals surface area contributed by atoms with Crippen molar-refractivity contribution in [3.8, 4) is 5.75 Å². The van der Waals surface area contributed by atoms with Gasteiger partial charge in [0.2, 0.25) is 0 Å². The van der Waals surface area contributed by atoms with Crippen LogP contribution in [0.2, 0.25) is 0 Å². The molecule has 1 aliphatic rings. The van der Waals surface area contributed by atoms with Gasteiger partial charge in [-0.1, -0.05) is 28.8 Å². The van der Waals surface area contributed by atoms with Crippen LogP contribution in [0.3, 0.4) is 0 Å². The van der Waals surface area contributed by atoms with E-state index in [0.29, 0.717) is 5.75 Å². The summed E-state index contributed by atoms with van der Waals surface area (Å²) < 4.78 is 11.3. The molecule has 0 heterocycles. The summed E-state index contributed by atoms with van der Waals surface area (Å²) in [6.07, 6.45) is 3.47. The summed E-state index contributed by atoms with van der Waals surface area (Å²) in [6, 6.07) is 7.34. The number of carbonyl (C=O) groups excluding carboxylic acids is 2. The molecule has 1 aromatic carbocycles. The maximum atomic E-state index is 11.9. The summed E-state index contributed by atoms with van der Waals surface area (Å²) in [5.41, 5.74) is 0. The van der Waals surface area contributed by atoms with Gasteiger partial charge in [0.1, 0.15) is 5.75 Å². The molecule has 22 heavy (non-hydrogen) atoms.